The van der Waals surface area contributed by atoms with E-state index >= 15 is 0 Å². The fourth-order valence-corrected chi connectivity index (χ4v) is 5.97. The Morgan fingerprint density at radius 2 is 1.79 bits per heavy atom. The van der Waals surface area contributed by atoms with Crippen LogP contribution in [0.4, 0.5) is 0 Å². The van der Waals surface area contributed by atoms with Gasteiger partial charge in [-0.2, -0.15) is 4.31 Å². The number of sulfonamides is 1. The average molecular weight is 343 g/mol. The normalized spacial score (nSPS) is 27.7. The molecule has 2 atom stereocenters. The Balaban J connectivity index is 1.64. The lowest BCUT2D eigenvalue weighted by Crippen LogP contribution is -2.29. The Morgan fingerprint density at radius 1 is 1.04 bits per heavy atom. The number of fused-ring (bicyclic) bond motifs is 2. The van der Waals surface area contributed by atoms with Crippen LogP contribution >= 0.6 is 0 Å². The van der Waals surface area contributed by atoms with Crippen molar-refractivity contribution in [2.45, 2.75) is 43.9 Å². The van der Waals surface area contributed by atoms with E-state index in [0.29, 0.717) is 29.8 Å². The summed E-state index contributed by atoms with van der Waals surface area (Å²) in [6, 6.07) is 7.23. The van der Waals surface area contributed by atoms with Crippen LogP contribution in [0.25, 0.3) is 0 Å². The van der Waals surface area contributed by atoms with Crippen LogP contribution in [0.1, 0.15) is 37.7 Å². The van der Waals surface area contributed by atoms with Crippen molar-refractivity contribution >= 4 is 10.0 Å². The Labute approximate surface area is 145 Å². The molecule has 4 rings (SSSR count). The lowest BCUT2D eigenvalue weighted by Gasteiger charge is -2.25. The SMILES string of the molecule is Cc1ccc(S(=O)(=O)N2C[C@H]3C=CCC4=C(CCCC4)[C@@H]3C2)cc1. The first-order chi connectivity index (χ1) is 11.6. The van der Waals surface area contributed by atoms with Gasteiger partial charge in [-0.3, -0.25) is 0 Å². The van der Waals surface area contributed by atoms with E-state index in [4.69, 9.17) is 0 Å². The standard InChI is InChI=1S/C20H25NO2S/c1-15-9-11-18(12-10-15)24(22,23)21-13-17-7-4-6-16-5-2-3-8-19(16)20(17)14-21/h4,7,9-12,17,20H,2-3,5-6,8,13-14H2,1H3/t17-,20-/m1/s1. The minimum Gasteiger partial charge on any atom is -0.207 e. The highest BCUT2D eigenvalue weighted by atomic mass is 32.2. The number of hydrogen-bond acceptors (Lipinski definition) is 2. The second kappa shape index (κ2) is 6.16. The van der Waals surface area contributed by atoms with Crippen molar-refractivity contribution in [3.8, 4) is 0 Å². The smallest absolute Gasteiger partial charge is 0.207 e. The van der Waals surface area contributed by atoms with Crippen molar-refractivity contribution in [2.24, 2.45) is 11.8 Å². The van der Waals surface area contributed by atoms with Crippen molar-refractivity contribution in [3.63, 3.8) is 0 Å². The first-order valence-corrected chi connectivity index (χ1v) is 10.4. The van der Waals surface area contributed by atoms with Crippen LogP contribution in [0.15, 0.2) is 52.5 Å². The molecule has 1 fully saturated rings. The molecule has 128 valence electrons. The van der Waals surface area contributed by atoms with Gasteiger partial charge < -0.3 is 0 Å². The summed E-state index contributed by atoms with van der Waals surface area (Å²) in [6.45, 7) is 3.24. The highest BCUT2D eigenvalue weighted by Crippen LogP contribution is 2.42. The number of rotatable bonds is 2. The van der Waals surface area contributed by atoms with E-state index in [0.717, 1.165) is 18.4 Å². The molecule has 0 radical (unpaired) electrons. The maximum atomic E-state index is 13.0. The first kappa shape index (κ1) is 16.1. The monoisotopic (exact) mass is 343 g/mol. The molecule has 1 aromatic carbocycles. The Hall–Kier alpha value is -1.39. The zero-order chi connectivity index (χ0) is 16.7. The van der Waals surface area contributed by atoms with Gasteiger partial charge in [0.2, 0.25) is 10.0 Å². The molecule has 3 nitrogen and oxygen atoms in total. The molecule has 0 spiro atoms. The van der Waals surface area contributed by atoms with E-state index in [1.165, 1.54) is 19.3 Å². The molecule has 0 unspecified atom stereocenters. The molecular weight excluding hydrogens is 318 g/mol. The van der Waals surface area contributed by atoms with Crippen LogP contribution < -0.4 is 0 Å². The third kappa shape index (κ3) is 2.76. The summed E-state index contributed by atoms with van der Waals surface area (Å²) < 4.78 is 27.8. The number of hydrogen-bond donors (Lipinski definition) is 0. The molecule has 2 aliphatic carbocycles. The summed E-state index contributed by atoms with van der Waals surface area (Å²) in [4.78, 5) is 0.423. The van der Waals surface area contributed by atoms with Gasteiger partial charge in [0.15, 0.2) is 0 Å². The van der Waals surface area contributed by atoms with Crippen LogP contribution in [-0.4, -0.2) is 25.8 Å². The van der Waals surface area contributed by atoms with Gasteiger partial charge in [0, 0.05) is 19.0 Å². The van der Waals surface area contributed by atoms with Crippen LogP contribution in [0.2, 0.25) is 0 Å². The van der Waals surface area contributed by atoms with Crippen molar-refractivity contribution in [2.75, 3.05) is 13.1 Å². The number of nitrogens with zero attached hydrogens (tertiary/aromatic N) is 1. The largest absolute Gasteiger partial charge is 0.243 e. The molecule has 24 heavy (non-hydrogen) atoms. The molecule has 0 N–H and O–H groups in total. The maximum absolute atomic E-state index is 13.0. The molecule has 1 saturated heterocycles. The van der Waals surface area contributed by atoms with Crippen LogP contribution in [-0.2, 0) is 10.0 Å². The molecule has 0 amide bonds. The molecule has 1 heterocycles. The van der Waals surface area contributed by atoms with Crippen molar-refractivity contribution in [1.29, 1.82) is 0 Å². The van der Waals surface area contributed by atoms with Gasteiger partial charge in [-0.15, -0.1) is 0 Å². The molecule has 0 aromatic heterocycles. The predicted octanol–water partition coefficient (Wildman–Crippen LogP) is 4.06. The third-order valence-corrected chi connectivity index (χ3v) is 7.66. The second-order valence-corrected chi connectivity index (χ2v) is 9.31. The topological polar surface area (TPSA) is 37.4 Å². The van der Waals surface area contributed by atoms with Crippen molar-refractivity contribution < 1.29 is 8.42 Å². The van der Waals surface area contributed by atoms with Crippen LogP contribution in [0, 0.1) is 18.8 Å². The van der Waals surface area contributed by atoms with E-state index in [1.54, 1.807) is 27.6 Å². The fraction of sp³-hybridized carbons (Fsp3) is 0.500. The van der Waals surface area contributed by atoms with E-state index in [-0.39, 0.29) is 0 Å². The average Bonchev–Trinajstić information content (AvgIpc) is 2.93. The number of aryl methyl sites for hydroxylation is 1. The molecular formula is C20H25NO2S. The number of benzene rings is 1. The van der Waals surface area contributed by atoms with E-state index in [9.17, 15) is 8.42 Å². The van der Waals surface area contributed by atoms with Crippen molar-refractivity contribution in [1.82, 2.24) is 4.31 Å². The van der Waals surface area contributed by atoms with Crippen LogP contribution in [0.3, 0.4) is 0 Å². The van der Waals surface area contributed by atoms with E-state index < -0.39 is 10.0 Å². The number of allylic oxidation sites excluding steroid dienone is 2. The molecule has 4 heteroatoms. The summed E-state index contributed by atoms with van der Waals surface area (Å²) in [7, 11) is -3.39. The lowest BCUT2D eigenvalue weighted by atomic mass is 9.80. The molecule has 3 aliphatic rings. The summed E-state index contributed by atoms with van der Waals surface area (Å²) in [6.07, 6.45) is 10.5. The summed E-state index contributed by atoms with van der Waals surface area (Å²) in [5.74, 6) is 0.732. The van der Waals surface area contributed by atoms with Crippen LogP contribution in [0.5, 0.6) is 0 Å². The zero-order valence-electron chi connectivity index (χ0n) is 14.2. The lowest BCUT2D eigenvalue weighted by molar-refractivity contribution is 0.461. The highest BCUT2D eigenvalue weighted by Gasteiger charge is 2.41. The predicted molar refractivity (Wildman–Crippen MR) is 96.2 cm³/mol. The molecule has 0 bridgehead atoms. The van der Waals surface area contributed by atoms with Gasteiger partial charge in [0.1, 0.15) is 0 Å². The quantitative estimate of drug-likeness (QED) is 0.759. The summed E-state index contributed by atoms with van der Waals surface area (Å²) >= 11 is 0. The Morgan fingerprint density at radius 3 is 2.58 bits per heavy atom. The molecule has 0 saturated carbocycles. The van der Waals surface area contributed by atoms with Gasteiger partial charge in [-0.1, -0.05) is 41.0 Å². The van der Waals surface area contributed by atoms with Gasteiger partial charge in [-0.05, 0) is 57.1 Å². The minimum atomic E-state index is -3.39. The Kier molecular flexibility index (Phi) is 4.13. The van der Waals surface area contributed by atoms with Gasteiger partial charge >= 0.3 is 0 Å². The third-order valence-electron chi connectivity index (χ3n) is 5.81. The Bertz CT molecular complexity index is 789. The van der Waals surface area contributed by atoms with Gasteiger partial charge in [-0.25, -0.2) is 8.42 Å². The first-order valence-electron chi connectivity index (χ1n) is 9.00. The van der Waals surface area contributed by atoms with Gasteiger partial charge in [0.25, 0.3) is 0 Å². The molecule has 1 aliphatic heterocycles. The second-order valence-electron chi connectivity index (χ2n) is 7.37. The van der Waals surface area contributed by atoms with Gasteiger partial charge in [0.05, 0.1) is 4.90 Å². The maximum Gasteiger partial charge on any atom is 0.243 e. The summed E-state index contributed by atoms with van der Waals surface area (Å²) in [5, 5.41) is 0. The fourth-order valence-electron chi connectivity index (χ4n) is 4.47. The minimum absolute atomic E-state index is 0.343. The van der Waals surface area contributed by atoms with E-state index in [1.807, 2.05) is 19.1 Å². The summed E-state index contributed by atoms with van der Waals surface area (Å²) in [5.41, 5.74) is 4.23. The highest BCUT2D eigenvalue weighted by molar-refractivity contribution is 7.89. The molecule has 1 aromatic rings. The van der Waals surface area contributed by atoms with Crippen molar-refractivity contribution in [3.05, 3.63) is 53.1 Å². The van der Waals surface area contributed by atoms with E-state index in [2.05, 4.69) is 12.2 Å². The zero-order valence-corrected chi connectivity index (χ0v) is 15.1.